The van der Waals surface area contributed by atoms with E-state index >= 15 is 0 Å². The number of aromatic hydroxyl groups is 1. The third-order valence-electron chi connectivity index (χ3n) is 4.59. The number of para-hydroxylation sites is 1. The molecule has 1 aliphatic rings. The summed E-state index contributed by atoms with van der Waals surface area (Å²) in [7, 11) is 1.67. The van der Waals surface area contributed by atoms with E-state index in [0.29, 0.717) is 11.7 Å². The number of hydrogen-bond acceptors (Lipinski definition) is 3. The summed E-state index contributed by atoms with van der Waals surface area (Å²) in [4.78, 5) is 4.95. The molecule has 2 aromatic carbocycles. The molecule has 0 saturated heterocycles. The first-order valence-electron chi connectivity index (χ1n) is 8.42. The van der Waals surface area contributed by atoms with E-state index in [0.717, 1.165) is 29.0 Å². The number of nitrogens with two attached hydrogens (primary N) is 1. The maximum Gasteiger partial charge on any atom is 0.182 e. The van der Waals surface area contributed by atoms with Gasteiger partial charge in [0.05, 0.1) is 18.4 Å². The molecule has 2 atom stereocenters. The topological polar surface area (TPSA) is 58.4 Å². The zero-order chi connectivity index (χ0) is 17.1. The molecule has 126 valence electrons. The molecular weight excluding hydrogens is 300 g/mol. The molecule has 0 unspecified atom stereocenters. The molecule has 0 fully saturated rings. The van der Waals surface area contributed by atoms with Crippen molar-refractivity contribution in [2.24, 2.45) is 10.9 Å². The van der Waals surface area contributed by atoms with Crippen molar-refractivity contribution in [2.45, 2.75) is 32.5 Å². The first-order valence-corrected chi connectivity index (χ1v) is 8.42. The van der Waals surface area contributed by atoms with Gasteiger partial charge in [-0.15, -0.1) is 0 Å². The van der Waals surface area contributed by atoms with Gasteiger partial charge < -0.3 is 15.2 Å². The van der Waals surface area contributed by atoms with Gasteiger partial charge in [-0.05, 0) is 42.0 Å². The number of rotatable bonds is 4. The van der Waals surface area contributed by atoms with Crippen molar-refractivity contribution in [1.29, 1.82) is 0 Å². The van der Waals surface area contributed by atoms with Crippen LogP contribution in [-0.2, 0) is 0 Å². The van der Waals surface area contributed by atoms with Crippen molar-refractivity contribution in [1.82, 2.24) is 0 Å². The van der Waals surface area contributed by atoms with Gasteiger partial charge in [0.2, 0.25) is 0 Å². The van der Waals surface area contributed by atoms with Crippen LogP contribution in [0.15, 0.2) is 53.5 Å². The number of benzene rings is 2. The molecule has 2 aromatic rings. The number of phenolic OH excluding ortho intramolecular Hbond substituents is 1. The zero-order valence-corrected chi connectivity index (χ0v) is 14.4. The maximum absolute atomic E-state index is 10.2. The monoisotopic (exact) mass is 325 g/mol. The summed E-state index contributed by atoms with van der Waals surface area (Å²) in [6, 6.07) is 15.8. The van der Waals surface area contributed by atoms with Crippen molar-refractivity contribution >= 4 is 5.71 Å². The van der Waals surface area contributed by atoms with Crippen molar-refractivity contribution in [3.05, 3.63) is 59.7 Å². The maximum atomic E-state index is 10.2. The Balaban J connectivity index is 1.93. The smallest absolute Gasteiger partial charge is 0.182 e. The number of aliphatic imine (C=N–C) groups is 1. The van der Waals surface area contributed by atoms with Crippen LogP contribution in [0.2, 0.25) is 0 Å². The Morgan fingerprint density at radius 3 is 2.46 bits per heavy atom. The van der Waals surface area contributed by atoms with Gasteiger partial charge in [0, 0.05) is 12.3 Å². The Bertz CT molecular complexity index is 723. The largest absolute Gasteiger partial charge is 0.507 e. The first-order chi connectivity index (χ1) is 11.6. The molecule has 3 N–H and O–H groups in total. The molecule has 0 radical (unpaired) electrons. The Kier molecular flexibility index (Phi) is 4.86. The van der Waals surface area contributed by atoms with Gasteiger partial charge in [0.15, 0.2) is 6.17 Å². The lowest BCUT2D eigenvalue weighted by Gasteiger charge is -2.29. The second-order valence-corrected chi connectivity index (χ2v) is 6.60. The van der Waals surface area contributed by atoms with E-state index in [1.54, 1.807) is 13.2 Å². The first kappa shape index (κ1) is 16.5. The van der Waals surface area contributed by atoms with Crippen LogP contribution < -0.4 is 10.1 Å². The average Bonchev–Trinajstić information content (AvgIpc) is 2.61. The fraction of sp³-hybridized carbons (Fsp3) is 0.350. The van der Waals surface area contributed by atoms with Crippen molar-refractivity contribution in [3.8, 4) is 11.5 Å². The minimum Gasteiger partial charge on any atom is -0.507 e. The Morgan fingerprint density at radius 1 is 1.12 bits per heavy atom. The highest BCUT2D eigenvalue weighted by molar-refractivity contribution is 6.01. The average molecular weight is 325 g/mol. The van der Waals surface area contributed by atoms with Gasteiger partial charge in [-0.25, -0.2) is 4.99 Å². The van der Waals surface area contributed by atoms with E-state index < -0.39 is 0 Å². The number of hydrogen-bond donors (Lipinski definition) is 2. The fourth-order valence-electron chi connectivity index (χ4n) is 3.15. The molecule has 0 bridgehead atoms. The molecule has 4 nitrogen and oxygen atoms in total. The van der Waals surface area contributed by atoms with Crippen LogP contribution >= 0.6 is 0 Å². The molecule has 24 heavy (non-hydrogen) atoms. The van der Waals surface area contributed by atoms with E-state index in [9.17, 15) is 5.11 Å². The minimum atomic E-state index is 0.153. The van der Waals surface area contributed by atoms with Crippen molar-refractivity contribution in [2.75, 3.05) is 7.11 Å². The Morgan fingerprint density at radius 2 is 1.83 bits per heavy atom. The number of nitrogens with zero attached hydrogens (tertiary/aromatic N) is 1. The van der Waals surface area contributed by atoms with E-state index in [1.807, 2.05) is 30.3 Å². The highest BCUT2D eigenvalue weighted by Crippen LogP contribution is 2.28. The van der Waals surface area contributed by atoms with Gasteiger partial charge in [-0.2, -0.15) is 0 Å². The summed E-state index contributed by atoms with van der Waals surface area (Å²) >= 11 is 0. The van der Waals surface area contributed by atoms with E-state index in [-0.39, 0.29) is 12.2 Å². The third kappa shape index (κ3) is 3.44. The predicted molar refractivity (Wildman–Crippen MR) is 95.5 cm³/mol. The molecule has 4 heteroatoms. The summed E-state index contributed by atoms with van der Waals surface area (Å²) in [6.45, 7) is 4.37. The van der Waals surface area contributed by atoms with E-state index in [4.69, 9.17) is 9.73 Å². The number of phenols is 1. The number of quaternary nitrogens is 1. The predicted octanol–water partition coefficient (Wildman–Crippen LogP) is 2.88. The van der Waals surface area contributed by atoms with Crippen LogP contribution in [0, 0.1) is 5.92 Å². The lowest BCUT2D eigenvalue weighted by Crippen LogP contribution is -2.93. The second-order valence-electron chi connectivity index (χ2n) is 6.60. The van der Waals surface area contributed by atoms with Gasteiger partial charge in [-0.3, -0.25) is 0 Å². The van der Waals surface area contributed by atoms with Crippen LogP contribution in [0.1, 0.15) is 37.4 Å². The quantitative estimate of drug-likeness (QED) is 0.908. The standard InChI is InChI=1S/C20H24N2O2/c1-13(2)20-21-17(14-8-10-15(24-3)11-9-14)12-18(22-20)16-6-4-5-7-19(16)23/h4-11,13,18,20,22-23H,12H2,1-3H3/p+1/t18-,20+/m0/s1. The number of ether oxygens (including phenoxy) is 1. The van der Waals surface area contributed by atoms with Gasteiger partial charge in [0.25, 0.3) is 0 Å². The highest BCUT2D eigenvalue weighted by atomic mass is 16.5. The molecule has 3 rings (SSSR count). The second kappa shape index (κ2) is 7.05. The molecule has 0 amide bonds. The summed E-state index contributed by atoms with van der Waals surface area (Å²) in [5, 5.41) is 12.5. The molecule has 1 heterocycles. The summed E-state index contributed by atoms with van der Waals surface area (Å²) in [6.07, 6.45) is 0.952. The molecule has 0 aliphatic carbocycles. The van der Waals surface area contributed by atoms with Gasteiger partial charge >= 0.3 is 0 Å². The molecule has 1 aliphatic heterocycles. The fourth-order valence-corrected chi connectivity index (χ4v) is 3.15. The van der Waals surface area contributed by atoms with Crippen LogP contribution in [0.5, 0.6) is 11.5 Å². The lowest BCUT2D eigenvalue weighted by atomic mass is 9.93. The van der Waals surface area contributed by atoms with Crippen LogP contribution in [0.25, 0.3) is 0 Å². The molecular formula is C20H25N2O2+. The summed E-state index contributed by atoms with van der Waals surface area (Å²) in [5.41, 5.74) is 3.19. The molecule has 0 spiro atoms. The molecule has 0 saturated carbocycles. The molecule has 0 aromatic heterocycles. The van der Waals surface area contributed by atoms with Gasteiger partial charge in [0.1, 0.15) is 17.5 Å². The summed E-state index contributed by atoms with van der Waals surface area (Å²) < 4.78 is 5.24. The normalized spacial score (nSPS) is 20.8. The van der Waals surface area contributed by atoms with Crippen LogP contribution in [0.3, 0.4) is 0 Å². The van der Waals surface area contributed by atoms with Gasteiger partial charge in [-0.1, -0.05) is 26.0 Å². The van der Waals surface area contributed by atoms with Crippen LogP contribution in [-0.4, -0.2) is 24.1 Å². The van der Waals surface area contributed by atoms with Crippen molar-refractivity contribution < 1.29 is 15.2 Å². The minimum absolute atomic E-state index is 0.153. The third-order valence-corrected chi connectivity index (χ3v) is 4.59. The summed E-state index contributed by atoms with van der Waals surface area (Å²) in [5.74, 6) is 1.63. The zero-order valence-electron chi connectivity index (χ0n) is 14.4. The Hall–Kier alpha value is -2.33. The van der Waals surface area contributed by atoms with E-state index in [1.165, 1.54) is 0 Å². The highest BCUT2D eigenvalue weighted by Gasteiger charge is 2.31. The SMILES string of the molecule is COc1ccc(C2=N[C@@H](C(C)C)[NH2+][C@H](c3ccccc3O)C2)cc1. The van der Waals surface area contributed by atoms with E-state index in [2.05, 4.69) is 31.3 Å². The van der Waals surface area contributed by atoms with Crippen molar-refractivity contribution in [3.63, 3.8) is 0 Å². The number of methoxy groups -OCH3 is 1. The Labute approximate surface area is 143 Å². The lowest BCUT2D eigenvalue weighted by molar-refractivity contribution is -0.733. The van der Waals surface area contributed by atoms with Crippen LogP contribution in [0.4, 0.5) is 0 Å².